The summed E-state index contributed by atoms with van der Waals surface area (Å²) in [6, 6.07) is 9.83. The molecule has 0 bridgehead atoms. The van der Waals surface area contributed by atoms with Crippen molar-refractivity contribution in [2.24, 2.45) is 17.3 Å². The third-order valence-corrected chi connectivity index (χ3v) is 3.73. The van der Waals surface area contributed by atoms with Gasteiger partial charge in [-0.1, -0.05) is 0 Å². The van der Waals surface area contributed by atoms with E-state index in [1.54, 1.807) is 17.9 Å². The van der Waals surface area contributed by atoms with Crippen LogP contribution in [-0.4, -0.2) is 25.3 Å². The first-order chi connectivity index (χ1) is 11.1. The minimum Gasteiger partial charge on any atom is -0.479 e. The summed E-state index contributed by atoms with van der Waals surface area (Å²) in [7, 11) is 3.40. The number of azo groups is 1. The number of benzene rings is 1. The summed E-state index contributed by atoms with van der Waals surface area (Å²) in [6.45, 7) is 8.34. The number of hydrogen-bond acceptors (Lipinski definition) is 5. The first kappa shape index (κ1) is 16.9. The number of nitrogens with zero attached hydrogens (tertiary/aromatic N) is 5. The third-order valence-electron chi connectivity index (χ3n) is 3.73. The molecule has 0 N–H and O–H groups in total. The molecule has 0 saturated carbocycles. The van der Waals surface area contributed by atoms with Crippen LogP contribution in [0.2, 0.25) is 0 Å². The fraction of sp³-hybridized carbons (Fsp3) is 0.412. The first-order valence-corrected chi connectivity index (χ1v) is 7.77. The highest BCUT2D eigenvalue weighted by atomic mass is 16.5. The Kier molecular flexibility index (Phi) is 5.62. The minimum atomic E-state index is 0.547. The van der Waals surface area contributed by atoms with Crippen LogP contribution >= 0.6 is 0 Å². The molecule has 0 atom stereocenters. The average molecular weight is 314 g/mol. The van der Waals surface area contributed by atoms with Gasteiger partial charge in [-0.15, -0.1) is 4.68 Å². The molecule has 2 rings (SSSR count). The van der Waals surface area contributed by atoms with Gasteiger partial charge in [0.15, 0.2) is 0 Å². The summed E-state index contributed by atoms with van der Waals surface area (Å²) >= 11 is 0. The van der Waals surface area contributed by atoms with Crippen LogP contribution in [0.25, 0.3) is 0 Å². The number of ether oxygens (including phenoxy) is 1. The Morgan fingerprint density at radius 3 is 2.43 bits per heavy atom. The predicted octanol–water partition coefficient (Wildman–Crippen LogP) is 3.48. The second-order valence-corrected chi connectivity index (χ2v) is 5.20. The molecule has 1 aromatic heterocycles. The summed E-state index contributed by atoms with van der Waals surface area (Å²) in [5, 5.41) is 12.9. The highest BCUT2D eigenvalue weighted by Gasteiger charge is 2.10. The number of hydrogen-bond donors (Lipinski definition) is 0. The van der Waals surface area contributed by atoms with Gasteiger partial charge in [0.2, 0.25) is 0 Å². The van der Waals surface area contributed by atoms with Crippen LogP contribution in [0.3, 0.4) is 0 Å². The minimum absolute atomic E-state index is 0.547. The Morgan fingerprint density at radius 1 is 1.13 bits per heavy atom. The van der Waals surface area contributed by atoms with Gasteiger partial charge in [-0.25, -0.2) is 0 Å². The lowest BCUT2D eigenvalue weighted by atomic mass is 10.1. The van der Waals surface area contributed by atoms with Crippen LogP contribution in [-0.2, 0) is 7.05 Å². The number of aryl methyl sites for hydroxylation is 2. The van der Waals surface area contributed by atoms with Gasteiger partial charge in [-0.05, 0) is 54.7 Å². The lowest BCUT2D eigenvalue weighted by Crippen LogP contribution is -2.33. The van der Waals surface area contributed by atoms with E-state index in [0.717, 1.165) is 24.3 Å². The van der Waals surface area contributed by atoms with E-state index in [0.29, 0.717) is 11.7 Å². The molecule has 0 aliphatic carbocycles. The molecule has 0 amide bonds. The lowest BCUT2D eigenvalue weighted by molar-refractivity contribution is -0.718. The van der Waals surface area contributed by atoms with Gasteiger partial charge in [0.1, 0.15) is 12.7 Å². The van der Waals surface area contributed by atoms with Crippen LogP contribution in [0.5, 0.6) is 5.88 Å². The Balaban J connectivity index is 2.23. The topological polar surface area (TPSA) is 54.0 Å². The van der Waals surface area contributed by atoms with Crippen molar-refractivity contribution in [2.45, 2.75) is 20.8 Å². The molecule has 6 nitrogen and oxygen atoms in total. The molecule has 0 radical (unpaired) electrons. The largest absolute Gasteiger partial charge is 0.479 e. The van der Waals surface area contributed by atoms with Crippen LogP contribution in [0, 0.1) is 6.92 Å². The maximum absolute atomic E-state index is 5.08. The van der Waals surface area contributed by atoms with Crippen molar-refractivity contribution in [3.63, 3.8) is 0 Å². The highest BCUT2D eigenvalue weighted by Crippen LogP contribution is 2.26. The third kappa shape index (κ3) is 4.03. The van der Waals surface area contributed by atoms with E-state index >= 15 is 0 Å². The quantitative estimate of drug-likeness (QED) is 0.606. The van der Waals surface area contributed by atoms with E-state index in [1.807, 2.05) is 26.1 Å². The van der Waals surface area contributed by atoms with Gasteiger partial charge in [0.25, 0.3) is 5.88 Å². The molecule has 1 aromatic carbocycles. The van der Waals surface area contributed by atoms with Gasteiger partial charge in [-0.3, -0.25) is 0 Å². The fourth-order valence-electron chi connectivity index (χ4n) is 2.34. The van der Waals surface area contributed by atoms with Crippen molar-refractivity contribution >= 4 is 17.2 Å². The second kappa shape index (κ2) is 7.67. The molecule has 0 unspecified atom stereocenters. The Labute approximate surface area is 137 Å². The molecule has 1 heterocycles. The highest BCUT2D eigenvalue weighted by molar-refractivity contribution is 5.57. The van der Waals surface area contributed by atoms with Gasteiger partial charge in [0.05, 0.1) is 12.2 Å². The number of methoxy groups -OCH3 is 1. The van der Waals surface area contributed by atoms with E-state index in [9.17, 15) is 0 Å². The monoisotopic (exact) mass is 314 g/mol. The van der Waals surface area contributed by atoms with Crippen molar-refractivity contribution < 1.29 is 9.42 Å². The van der Waals surface area contributed by atoms with E-state index in [2.05, 4.69) is 46.2 Å². The Hall–Kier alpha value is -2.50. The van der Waals surface area contributed by atoms with Crippen LogP contribution < -0.4 is 14.3 Å². The Bertz CT molecular complexity index is 695. The molecule has 6 heteroatoms. The standard InChI is InChI=1S/C17H24N5O/c1-6-22(7-2)14-8-9-15(13(3)12-14)18-19-16-10-11-17(23-5)20-21(16)4/h8-12H,6-7H2,1-5H3/q+1. The van der Waals surface area contributed by atoms with E-state index in [-0.39, 0.29) is 0 Å². The van der Waals surface area contributed by atoms with Crippen molar-refractivity contribution in [2.75, 3.05) is 25.1 Å². The summed E-state index contributed by atoms with van der Waals surface area (Å²) < 4.78 is 6.72. The lowest BCUT2D eigenvalue weighted by Gasteiger charge is -2.21. The van der Waals surface area contributed by atoms with Crippen LogP contribution in [0.1, 0.15) is 19.4 Å². The maximum Gasteiger partial charge on any atom is 0.370 e. The predicted molar refractivity (Wildman–Crippen MR) is 90.9 cm³/mol. The maximum atomic E-state index is 5.08. The van der Waals surface area contributed by atoms with Crippen molar-refractivity contribution in [1.82, 2.24) is 5.10 Å². The second-order valence-electron chi connectivity index (χ2n) is 5.20. The molecule has 0 saturated heterocycles. The van der Waals surface area contributed by atoms with Crippen molar-refractivity contribution in [3.8, 4) is 5.88 Å². The number of rotatable bonds is 6. The zero-order chi connectivity index (χ0) is 16.8. The SMILES string of the molecule is CCN(CC)c1ccc(N=Nc2ccc(OC)n[n+]2C)c(C)c1. The van der Waals surface area contributed by atoms with Gasteiger partial charge in [0, 0.05) is 30.9 Å². The van der Waals surface area contributed by atoms with E-state index < -0.39 is 0 Å². The molecular weight excluding hydrogens is 290 g/mol. The first-order valence-electron chi connectivity index (χ1n) is 7.77. The smallest absolute Gasteiger partial charge is 0.370 e. The van der Waals surface area contributed by atoms with Gasteiger partial charge in [-0.2, -0.15) is 0 Å². The normalized spacial score (nSPS) is 11.0. The molecule has 0 fully saturated rings. The van der Waals surface area contributed by atoms with Crippen LogP contribution in [0.15, 0.2) is 40.6 Å². The molecular formula is C17H24N5O+. The summed E-state index contributed by atoms with van der Waals surface area (Å²) in [6.07, 6.45) is 0. The van der Waals surface area contributed by atoms with Gasteiger partial charge >= 0.3 is 5.82 Å². The number of anilines is 1. The summed E-state index contributed by atoms with van der Waals surface area (Å²) in [5.41, 5.74) is 3.17. The van der Waals surface area contributed by atoms with E-state index in [1.165, 1.54) is 5.69 Å². The zero-order valence-electron chi connectivity index (χ0n) is 14.4. The zero-order valence-corrected chi connectivity index (χ0v) is 14.4. The summed E-state index contributed by atoms with van der Waals surface area (Å²) in [5.74, 6) is 1.21. The van der Waals surface area contributed by atoms with Gasteiger partial charge < -0.3 is 9.64 Å². The van der Waals surface area contributed by atoms with E-state index in [4.69, 9.17) is 4.74 Å². The average Bonchev–Trinajstić information content (AvgIpc) is 2.56. The van der Waals surface area contributed by atoms with Crippen molar-refractivity contribution in [1.29, 1.82) is 0 Å². The molecule has 2 aromatic rings. The molecule has 0 aliphatic heterocycles. The molecule has 0 aliphatic rings. The molecule has 23 heavy (non-hydrogen) atoms. The molecule has 0 spiro atoms. The Morgan fingerprint density at radius 2 is 1.87 bits per heavy atom. The summed E-state index contributed by atoms with van der Waals surface area (Å²) in [4.78, 5) is 2.31. The molecule has 122 valence electrons. The van der Waals surface area contributed by atoms with Crippen LogP contribution in [0.4, 0.5) is 17.2 Å². The van der Waals surface area contributed by atoms with Crippen molar-refractivity contribution in [3.05, 3.63) is 35.9 Å². The number of aromatic nitrogens is 2. The fourth-order valence-corrected chi connectivity index (χ4v) is 2.34.